The van der Waals surface area contributed by atoms with Crippen LogP contribution in [0.4, 0.5) is 0 Å². The van der Waals surface area contributed by atoms with Crippen molar-refractivity contribution in [2.24, 2.45) is 12.0 Å². The van der Waals surface area contributed by atoms with Crippen LogP contribution in [0.2, 0.25) is 5.15 Å². The molecule has 1 heterocycles. The smallest absolute Gasteiger partial charge is 0.243 e. The minimum absolute atomic E-state index is 0. The van der Waals surface area contributed by atoms with E-state index in [9.17, 15) is 4.79 Å². The molecule has 0 saturated carbocycles. The summed E-state index contributed by atoms with van der Waals surface area (Å²) in [6.45, 7) is 4.83. The van der Waals surface area contributed by atoms with Gasteiger partial charge >= 0.3 is 0 Å². The molecule has 0 aliphatic rings. The summed E-state index contributed by atoms with van der Waals surface area (Å²) in [6, 6.07) is 0.260. The minimum Gasteiger partial charge on any atom is -0.354 e. The molecule has 1 aromatic heterocycles. The van der Waals surface area contributed by atoms with Crippen LogP contribution in [0.5, 0.6) is 0 Å². The molecule has 1 unspecified atom stereocenters. The van der Waals surface area contributed by atoms with Gasteiger partial charge in [0.25, 0.3) is 0 Å². The van der Waals surface area contributed by atoms with Crippen LogP contribution < -0.4 is 5.32 Å². The fourth-order valence-electron chi connectivity index (χ4n) is 1.74. The van der Waals surface area contributed by atoms with Crippen molar-refractivity contribution in [1.82, 2.24) is 24.7 Å². The Hall–Kier alpha value is -1.03. The summed E-state index contributed by atoms with van der Waals surface area (Å²) in [7, 11) is 7.22. The average Bonchev–Trinajstić information content (AvgIpc) is 2.82. The molecule has 0 aliphatic carbocycles. The standard InChI is InChI=1S/C15H27ClN6O.HI/c1-7-11(2)19-15(18-9-14(23)20(3)4)21(5)10-13-17-8-12(16)22(13)6;/h8,11H,7,9-10H2,1-6H3,(H,18,19);1H. The summed E-state index contributed by atoms with van der Waals surface area (Å²) in [5.41, 5.74) is 0. The Bertz CT molecular complexity index is 560. The molecule has 0 radical (unpaired) electrons. The van der Waals surface area contributed by atoms with Gasteiger partial charge in [-0.25, -0.2) is 9.98 Å². The highest BCUT2D eigenvalue weighted by molar-refractivity contribution is 14.0. The van der Waals surface area contributed by atoms with Crippen LogP contribution in [-0.2, 0) is 18.4 Å². The molecule has 1 rings (SSSR count). The molecule has 138 valence electrons. The fourth-order valence-corrected chi connectivity index (χ4v) is 1.89. The van der Waals surface area contributed by atoms with Gasteiger partial charge in [-0.2, -0.15) is 0 Å². The summed E-state index contributed by atoms with van der Waals surface area (Å²) in [5, 5.41) is 3.93. The van der Waals surface area contributed by atoms with Gasteiger partial charge in [0, 0.05) is 34.2 Å². The lowest BCUT2D eigenvalue weighted by Crippen LogP contribution is -2.43. The number of carbonyl (C=O) groups excluding carboxylic acids is 1. The lowest BCUT2D eigenvalue weighted by atomic mass is 10.3. The van der Waals surface area contributed by atoms with Crippen LogP contribution in [0.25, 0.3) is 0 Å². The van der Waals surface area contributed by atoms with Gasteiger partial charge < -0.3 is 19.7 Å². The molecule has 0 aliphatic heterocycles. The molecule has 1 amide bonds. The van der Waals surface area contributed by atoms with Gasteiger partial charge in [0.1, 0.15) is 17.5 Å². The van der Waals surface area contributed by atoms with E-state index < -0.39 is 0 Å². The van der Waals surface area contributed by atoms with Gasteiger partial charge in [-0.3, -0.25) is 4.79 Å². The first-order valence-corrected chi connectivity index (χ1v) is 8.02. The van der Waals surface area contributed by atoms with E-state index in [0.29, 0.717) is 17.7 Å². The highest BCUT2D eigenvalue weighted by Crippen LogP contribution is 2.10. The van der Waals surface area contributed by atoms with E-state index in [2.05, 4.69) is 29.1 Å². The van der Waals surface area contributed by atoms with Crippen molar-refractivity contribution < 1.29 is 4.79 Å². The van der Waals surface area contributed by atoms with Crippen molar-refractivity contribution in [2.45, 2.75) is 32.9 Å². The maximum Gasteiger partial charge on any atom is 0.243 e. The van der Waals surface area contributed by atoms with Gasteiger partial charge in [-0.15, -0.1) is 24.0 Å². The number of halogens is 2. The van der Waals surface area contributed by atoms with Crippen molar-refractivity contribution in [2.75, 3.05) is 27.7 Å². The molecule has 24 heavy (non-hydrogen) atoms. The number of nitrogens with zero attached hydrogens (tertiary/aromatic N) is 5. The highest BCUT2D eigenvalue weighted by atomic mass is 127. The number of aromatic nitrogens is 2. The molecule has 1 atom stereocenters. The molecule has 7 nitrogen and oxygen atoms in total. The van der Waals surface area contributed by atoms with Crippen LogP contribution in [0, 0.1) is 0 Å². The predicted octanol–water partition coefficient (Wildman–Crippen LogP) is 1.96. The van der Waals surface area contributed by atoms with Gasteiger partial charge in [-0.05, 0) is 13.3 Å². The third kappa shape index (κ3) is 6.84. The average molecular weight is 471 g/mol. The summed E-state index contributed by atoms with van der Waals surface area (Å²) >= 11 is 6.02. The van der Waals surface area contributed by atoms with E-state index in [-0.39, 0.29) is 42.5 Å². The molecule has 0 aromatic carbocycles. The van der Waals surface area contributed by atoms with E-state index in [1.165, 1.54) is 4.90 Å². The summed E-state index contributed by atoms with van der Waals surface area (Å²) in [6.07, 6.45) is 2.59. The molecule has 0 fully saturated rings. The Balaban J connectivity index is 0.00000529. The number of carbonyl (C=O) groups is 1. The van der Waals surface area contributed by atoms with Crippen molar-refractivity contribution >= 4 is 47.4 Å². The van der Waals surface area contributed by atoms with Crippen molar-refractivity contribution in [3.63, 3.8) is 0 Å². The van der Waals surface area contributed by atoms with Crippen molar-refractivity contribution in [3.8, 4) is 0 Å². The van der Waals surface area contributed by atoms with E-state index in [1.807, 2.05) is 23.6 Å². The number of nitrogens with one attached hydrogen (secondary N) is 1. The third-order valence-corrected chi connectivity index (χ3v) is 3.97. The van der Waals surface area contributed by atoms with Gasteiger partial charge in [0.2, 0.25) is 5.91 Å². The Kier molecular flexibility index (Phi) is 10.3. The van der Waals surface area contributed by atoms with Gasteiger partial charge in [-0.1, -0.05) is 18.5 Å². The number of aliphatic imine (C=N–C) groups is 1. The Labute approximate surface area is 166 Å². The topological polar surface area (TPSA) is 65.8 Å². The summed E-state index contributed by atoms with van der Waals surface area (Å²) < 4.78 is 1.82. The zero-order chi connectivity index (χ0) is 17.6. The van der Waals surface area contributed by atoms with Crippen LogP contribution in [0.15, 0.2) is 11.2 Å². The van der Waals surface area contributed by atoms with Crippen LogP contribution >= 0.6 is 35.6 Å². The number of guanidine groups is 1. The largest absolute Gasteiger partial charge is 0.354 e. The first-order valence-electron chi connectivity index (χ1n) is 7.64. The second kappa shape index (κ2) is 10.8. The Morgan fingerprint density at radius 3 is 2.54 bits per heavy atom. The number of amides is 1. The molecule has 0 spiro atoms. The quantitative estimate of drug-likeness (QED) is 0.392. The monoisotopic (exact) mass is 470 g/mol. The zero-order valence-electron chi connectivity index (χ0n) is 15.2. The second-order valence-corrected chi connectivity index (χ2v) is 6.18. The number of imidazole rings is 1. The molecular weight excluding hydrogens is 443 g/mol. The molecule has 1 N–H and O–H groups in total. The normalized spacial score (nSPS) is 12.4. The third-order valence-electron chi connectivity index (χ3n) is 3.62. The molecular formula is C15H28ClIN6O. The van der Waals surface area contributed by atoms with Crippen molar-refractivity contribution in [1.29, 1.82) is 0 Å². The highest BCUT2D eigenvalue weighted by Gasteiger charge is 2.14. The van der Waals surface area contributed by atoms with Crippen molar-refractivity contribution in [3.05, 3.63) is 17.2 Å². The maximum atomic E-state index is 11.8. The minimum atomic E-state index is -0.0399. The Morgan fingerprint density at radius 2 is 2.08 bits per heavy atom. The maximum absolute atomic E-state index is 11.8. The number of hydrogen-bond donors (Lipinski definition) is 1. The van der Waals surface area contributed by atoms with Crippen LogP contribution in [0.3, 0.4) is 0 Å². The number of hydrogen-bond acceptors (Lipinski definition) is 3. The first-order chi connectivity index (χ1) is 10.8. The number of rotatable bonds is 6. The molecule has 0 bridgehead atoms. The van der Waals surface area contributed by atoms with Crippen LogP contribution in [-0.4, -0.2) is 64.9 Å². The van der Waals surface area contributed by atoms with E-state index in [1.54, 1.807) is 20.3 Å². The lowest BCUT2D eigenvalue weighted by Gasteiger charge is -2.25. The van der Waals surface area contributed by atoms with Gasteiger partial charge in [0.05, 0.1) is 12.7 Å². The summed E-state index contributed by atoms with van der Waals surface area (Å²) in [5.74, 6) is 1.46. The van der Waals surface area contributed by atoms with E-state index in [4.69, 9.17) is 11.6 Å². The predicted molar refractivity (Wildman–Crippen MR) is 109 cm³/mol. The fraction of sp³-hybridized carbons (Fsp3) is 0.667. The van der Waals surface area contributed by atoms with E-state index >= 15 is 0 Å². The SMILES string of the molecule is CCC(C)NC(=NCC(=O)N(C)C)N(C)Cc1ncc(Cl)n1C.I. The zero-order valence-corrected chi connectivity index (χ0v) is 18.3. The Morgan fingerprint density at radius 1 is 1.46 bits per heavy atom. The molecule has 1 aromatic rings. The lowest BCUT2D eigenvalue weighted by molar-refractivity contribution is -0.127. The molecule has 9 heteroatoms. The van der Waals surface area contributed by atoms with Crippen LogP contribution in [0.1, 0.15) is 26.1 Å². The number of likely N-dealkylation sites (N-methyl/N-ethyl adjacent to an activating group) is 1. The van der Waals surface area contributed by atoms with E-state index in [0.717, 1.165) is 12.2 Å². The first kappa shape index (κ1) is 23.0. The van der Waals surface area contributed by atoms with Gasteiger partial charge in [0.15, 0.2) is 5.96 Å². The summed E-state index contributed by atoms with van der Waals surface area (Å²) in [4.78, 5) is 24.0. The second-order valence-electron chi connectivity index (χ2n) is 5.79. The molecule has 0 saturated heterocycles.